The molecule has 0 aromatic carbocycles. The van der Waals surface area contributed by atoms with Crippen LogP contribution in [-0.4, -0.2) is 42.3 Å². The van der Waals surface area contributed by atoms with Crippen LogP contribution in [0, 0.1) is 6.92 Å². The van der Waals surface area contributed by atoms with E-state index in [0.29, 0.717) is 24.5 Å². The molecule has 0 bridgehead atoms. The molecule has 0 unspecified atom stereocenters. The Morgan fingerprint density at radius 3 is 2.32 bits per heavy atom. The predicted octanol–water partition coefficient (Wildman–Crippen LogP) is 2.57. The molecule has 0 radical (unpaired) electrons. The Morgan fingerprint density at radius 2 is 1.68 bits per heavy atom. The fourth-order valence-corrected chi connectivity index (χ4v) is 5.69. The molecule has 1 aromatic heterocycles. The molecule has 7 heteroatoms. The van der Waals surface area contributed by atoms with Crippen LogP contribution < -0.4 is 5.32 Å². The highest BCUT2D eigenvalue weighted by molar-refractivity contribution is 7.89. The molecule has 1 saturated heterocycles. The van der Waals surface area contributed by atoms with Gasteiger partial charge in [0.2, 0.25) is 10.0 Å². The topological polar surface area (TPSA) is 71.4 Å². The lowest BCUT2D eigenvalue weighted by molar-refractivity contribution is 0.0919. The minimum atomic E-state index is -3.53. The minimum absolute atomic E-state index is 0.169. The van der Waals surface area contributed by atoms with Crippen molar-refractivity contribution in [1.82, 2.24) is 14.2 Å². The normalized spacial score (nSPS) is 20.6. The highest BCUT2D eigenvalue weighted by Crippen LogP contribution is 2.26. The molecular formula is C18H29N3O3S. The molecule has 1 amide bonds. The second-order valence-electron chi connectivity index (χ2n) is 7.31. The summed E-state index contributed by atoms with van der Waals surface area (Å²) in [6.07, 6.45) is 8.42. The van der Waals surface area contributed by atoms with Crippen LogP contribution in [0.4, 0.5) is 0 Å². The lowest BCUT2D eigenvalue weighted by atomic mass is 9.95. The van der Waals surface area contributed by atoms with E-state index in [9.17, 15) is 13.2 Å². The third-order valence-electron chi connectivity index (χ3n) is 5.59. The van der Waals surface area contributed by atoms with Gasteiger partial charge in [-0.15, -0.1) is 0 Å². The maximum absolute atomic E-state index is 13.0. The van der Waals surface area contributed by atoms with Crippen molar-refractivity contribution in [3.63, 3.8) is 0 Å². The highest BCUT2D eigenvalue weighted by Gasteiger charge is 2.31. The van der Waals surface area contributed by atoms with Crippen LogP contribution in [0.5, 0.6) is 0 Å². The number of sulfonamides is 1. The number of nitrogens with zero attached hydrogens (tertiary/aromatic N) is 2. The van der Waals surface area contributed by atoms with Crippen molar-refractivity contribution < 1.29 is 13.2 Å². The molecule has 1 saturated carbocycles. The van der Waals surface area contributed by atoms with Crippen molar-refractivity contribution in [3.8, 4) is 0 Å². The number of amides is 1. The standard InChI is InChI=1S/C18H29N3O3S/c1-14-17(25(23,24)21-11-7-4-8-12-21)13-16(20(14)2)18(22)19-15-9-5-3-6-10-15/h13,15H,3-12H2,1-2H3,(H,19,22). The van der Waals surface area contributed by atoms with Crippen molar-refractivity contribution >= 4 is 15.9 Å². The van der Waals surface area contributed by atoms with E-state index < -0.39 is 10.0 Å². The van der Waals surface area contributed by atoms with Gasteiger partial charge in [0, 0.05) is 31.9 Å². The summed E-state index contributed by atoms with van der Waals surface area (Å²) in [5.74, 6) is -0.169. The lowest BCUT2D eigenvalue weighted by Gasteiger charge is -2.25. The van der Waals surface area contributed by atoms with Crippen LogP contribution in [0.2, 0.25) is 0 Å². The quantitative estimate of drug-likeness (QED) is 0.889. The van der Waals surface area contributed by atoms with Gasteiger partial charge in [-0.2, -0.15) is 4.31 Å². The summed E-state index contributed by atoms with van der Waals surface area (Å²) < 4.78 is 29.2. The van der Waals surface area contributed by atoms with E-state index in [1.165, 1.54) is 6.42 Å². The zero-order valence-corrected chi connectivity index (χ0v) is 16.1. The fourth-order valence-electron chi connectivity index (χ4n) is 3.90. The molecule has 0 atom stereocenters. The van der Waals surface area contributed by atoms with E-state index in [2.05, 4.69) is 5.32 Å². The van der Waals surface area contributed by atoms with Crippen molar-refractivity contribution in [2.45, 2.75) is 69.2 Å². The first kappa shape index (κ1) is 18.5. The molecule has 2 aliphatic rings. The highest BCUT2D eigenvalue weighted by atomic mass is 32.2. The van der Waals surface area contributed by atoms with Crippen LogP contribution in [0.1, 0.15) is 67.5 Å². The van der Waals surface area contributed by atoms with Crippen LogP contribution >= 0.6 is 0 Å². The van der Waals surface area contributed by atoms with Gasteiger partial charge in [-0.1, -0.05) is 25.7 Å². The van der Waals surface area contributed by atoms with E-state index in [4.69, 9.17) is 0 Å². The van der Waals surface area contributed by atoms with Gasteiger partial charge in [0.1, 0.15) is 10.6 Å². The first-order valence-electron chi connectivity index (χ1n) is 9.38. The summed E-state index contributed by atoms with van der Waals surface area (Å²) in [6, 6.07) is 1.76. The van der Waals surface area contributed by atoms with Crippen molar-refractivity contribution in [1.29, 1.82) is 0 Å². The minimum Gasteiger partial charge on any atom is -0.348 e. The van der Waals surface area contributed by atoms with E-state index in [-0.39, 0.29) is 16.8 Å². The van der Waals surface area contributed by atoms with E-state index in [1.807, 2.05) is 0 Å². The average molecular weight is 368 g/mol. The predicted molar refractivity (Wildman–Crippen MR) is 97.1 cm³/mol. The van der Waals surface area contributed by atoms with Gasteiger partial charge in [-0.05, 0) is 38.7 Å². The Hall–Kier alpha value is -1.34. The molecule has 1 N–H and O–H groups in total. The molecule has 6 nitrogen and oxygen atoms in total. The molecule has 25 heavy (non-hydrogen) atoms. The van der Waals surface area contributed by atoms with Gasteiger partial charge < -0.3 is 9.88 Å². The lowest BCUT2D eigenvalue weighted by Crippen LogP contribution is -2.37. The molecule has 1 aromatic rings. The molecule has 2 fully saturated rings. The average Bonchev–Trinajstić information content (AvgIpc) is 2.93. The van der Waals surface area contributed by atoms with Crippen molar-refractivity contribution in [3.05, 3.63) is 17.5 Å². The number of piperidine rings is 1. The third-order valence-corrected chi connectivity index (χ3v) is 7.61. The zero-order valence-electron chi connectivity index (χ0n) is 15.3. The second kappa shape index (κ2) is 7.50. The monoisotopic (exact) mass is 367 g/mol. The van der Waals surface area contributed by atoms with Crippen LogP contribution in [-0.2, 0) is 17.1 Å². The number of rotatable bonds is 4. The summed E-state index contributed by atoms with van der Waals surface area (Å²) in [6.45, 7) is 2.91. The van der Waals surface area contributed by atoms with Gasteiger partial charge in [0.05, 0.1) is 0 Å². The number of carbonyl (C=O) groups is 1. The third kappa shape index (κ3) is 3.77. The maximum atomic E-state index is 13.0. The summed E-state index contributed by atoms with van der Waals surface area (Å²) in [5, 5.41) is 3.08. The number of aromatic nitrogens is 1. The Kier molecular flexibility index (Phi) is 5.53. The van der Waals surface area contributed by atoms with Gasteiger partial charge in [-0.3, -0.25) is 4.79 Å². The number of hydrogen-bond acceptors (Lipinski definition) is 3. The van der Waals surface area contributed by atoms with Gasteiger partial charge in [0.25, 0.3) is 5.91 Å². The largest absolute Gasteiger partial charge is 0.348 e. The fraction of sp³-hybridized carbons (Fsp3) is 0.722. The Labute approximate surface area is 150 Å². The molecular weight excluding hydrogens is 338 g/mol. The summed E-state index contributed by atoms with van der Waals surface area (Å²) >= 11 is 0. The second-order valence-corrected chi connectivity index (χ2v) is 9.22. The van der Waals surface area contributed by atoms with Crippen molar-refractivity contribution in [2.24, 2.45) is 7.05 Å². The molecule has 0 spiro atoms. The van der Waals surface area contributed by atoms with E-state index in [1.54, 1.807) is 28.9 Å². The first-order chi connectivity index (χ1) is 11.9. The Bertz CT molecular complexity index is 727. The SMILES string of the molecule is Cc1c(S(=O)(=O)N2CCCCC2)cc(C(=O)NC2CCCCC2)n1C. The van der Waals surface area contributed by atoms with Gasteiger partial charge in [0.15, 0.2) is 0 Å². The maximum Gasteiger partial charge on any atom is 0.268 e. The summed E-state index contributed by atoms with van der Waals surface area (Å²) in [5.41, 5.74) is 1.05. The number of carbonyl (C=O) groups excluding carboxylic acids is 1. The smallest absolute Gasteiger partial charge is 0.268 e. The number of hydrogen-bond donors (Lipinski definition) is 1. The molecule has 1 aliphatic heterocycles. The van der Waals surface area contributed by atoms with Gasteiger partial charge in [-0.25, -0.2) is 8.42 Å². The van der Waals surface area contributed by atoms with Crippen LogP contribution in [0.25, 0.3) is 0 Å². The van der Waals surface area contributed by atoms with E-state index in [0.717, 1.165) is 44.9 Å². The van der Waals surface area contributed by atoms with Gasteiger partial charge >= 0.3 is 0 Å². The first-order valence-corrected chi connectivity index (χ1v) is 10.8. The Morgan fingerprint density at radius 1 is 1.08 bits per heavy atom. The molecule has 140 valence electrons. The van der Waals surface area contributed by atoms with E-state index >= 15 is 0 Å². The molecule has 3 rings (SSSR count). The summed E-state index contributed by atoms with van der Waals surface area (Å²) in [4.78, 5) is 12.9. The van der Waals surface area contributed by atoms with Crippen LogP contribution in [0.3, 0.4) is 0 Å². The molecule has 2 heterocycles. The van der Waals surface area contributed by atoms with Crippen LogP contribution in [0.15, 0.2) is 11.0 Å². The zero-order chi connectivity index (χ0) is 18.0. The molecule has 1 aliphatic carbocycles. The summed E-state index contributed by atoms with van der Waals surface area (Å²) in [7, 11) is -1.76. The number of nitrogens with one attached hydrogen (secondary N) is 1. The Balaban J connectivity index is 1.82. The van der Waals surface area contributed by atoms with Crippen molar-refractivity contribution in [2.75, 3.05) is 13.1 Å².